The lowest BCUT2D eigenvalue weighted by atomic mass is 9.78. The number of carbonyl (C=O) groups excluding carboxylic acids is 6. The van der Waals surface area contributed by atoms with Crippen LogP contribution in [-0.2, 0) is 57.2 Å². The molecule has 4 aliphatic rings. The summed E-state index contributed by atoms with van der Waals surface area (Å²) >= 11 is 0. The molecule has 1 aliphatic carbocycles. The van der Waals surface area contributed by atoms with Crippen molar-refractivity contribution in [1.82, 2.24) is 4.90 Å². The Morgan fingerprint density at radius 3 is 2.22 bits per heavy atom. The van der Waals surface area contributed by atoms with Gasteiger partial charge in [-0.25, -0.2) is 4.79 Å². The Hall–Kier alpha value is -3.94. The average Bonchev–Trinajstić information content (AvgIpc) is 3.37. The quantitative estimate of drug-likeness (QED) is 0.123. The molecule has 2 saturated heterocycles. The molecule has 4 N–H and O–H groups in total. The standard InChI is InChI=1S/C55H85NO16/c1-33-16-12-11-13-17-35(3)45(67-8)29-40-22-20-38(6)55(66,72-40)50(62)51(63)56-25-15-14-18-41(56)52(64)70-46(30-43(60)34(2)19-23-42(59)49(69-10)48(61)37(5)26-33)36(4)27-39-21-24-44(47(28-39)68-9)71-53(65)54(7,31-57)32-58/h11-13,16-17,19,23,33-34,36-42,44-47,49,57-59,66H,14-15,18,20-22,24-32H2,1-10H3/b13-11+,16-12+,23-19+,35-17+/t33-,34-,36+,37-,38-,39+,40+,41+,42-,44-,45+,46+,47-,49-,55-/m1/s1. The number of nitrogens with zero attached hydrogens (tertiary/aromatic N) is 1. The van der Waals surface area contributed by atoms with E-state index in [4.69, 9.17) is 28.4 Å². The van der Waals surface area contributed by atoms with Crippen LogP contribution in [0.4, 0.5) is 0 Å². The third kappa shape index (κ3) is 15.8. The van der Waals surface area contributed by atoms with Crippen LogP contribution in [-0.4, -0.2) is 156 Å². The summed E-state index contributed by atoms with van der Waals surface area (Å²) in [4.78, 5) is 85.0. The number of methoxy groups -OCH3 is 3. The minimum Gasteiger partial charge on any atom is -0.460 e. The summed E-state index contributed by atoms with van der Waals surface area (Å²) in [5.74, 6) is -9.36. The number of ketones is 3. The second kappa shape index (κ2) is 28.1. The summed E-state index contributed by atoms with van der Waals surface area (Å²) in [5, 5.41) is 42.7. The SMILES string of the molecule is CO[C@H]1C[C@@H]2CC[C@@H](C)[C@@](O)(O2)C(=O)C(=O)N2CCCC[C@H]2C(=O)O[C@H]([C@@H](C)C[C@@H]2CC[C@@H](OC(=O)C(C)(CO)CO)[C@H](OC)C2)CC(=O)[C@H](C)/C=C/[C@@H](O)[C@@H](OC)C(=O)[C@H](C)C[C@H](C)/C=C/C=C/C=C/1C. The topological polar surface area (TPSA) is 242 Å². The maximum Gasteiger partial charge on any atom is 0.329 e. The summed E-state index contributed by atoms with van der Waals surface area (Å²) in [7, 11) is 4.41. The number of fused-ring (bicyclic) bond motifs is 3. The minimum atomic E-state index is -2.47. The Bertz CT molecular complexity index is 1960. The van der Waals surface area contributed by atoms with Gasteiger partial charge in [-0.1, -0.05) is 77.2 Å². The number of hydrogen-bond donors (Lipinski definition) is 4. The molecule has 0 spiro atoms. The van der Waals surface area contributed by atoms with Gasteiger partial charge in [-0.3, -0.25) is 24.0 Å². The number of allylic oxidation sites excluding steroid dienone is 6. The molecule has 0 aromatic heterocycles. The predicted octanol–water partition coefficient (Wildman–Crippen LogP) is 5.33. The van der Waals surface area contributed by atoms with Gasteiger partial charge in [0.2, 0.25) is 5.79 Å². The van der Waals surface area contributed by atoms with E-state index in [-0.39, 0.29) is 42.8 Å². The number of rotatable bonds is 10. The van der Waals surface area contributed by atoms with E-state index in [1.165, 1.54) is 33.3 Å². The molecular formula is C55H85NO16. The summed E-state index contributed by atoms with van der Waals surface area (Å²) in [5.41, 5.74) is -0.626. The summed E-state index contributed by atoms with van der Waals surface area (Å²) in [6.45, 7) is 11.1. The average molecular weight is 1020 g/mol. The number of carbonyl (C=O) groups is 6. The van der Waals surface area contributed by atoms with E-state index in [0.29, 0.717) is 64.2 Å². The molecule has 3 aliphatic heterocycles. The van der Waals surface area contributed by atoms with Crippen LogP contribution in [0.5, 0.6) is 0 Å². The van der Waals surface area contributed by atoms with Crippen molar-refractivity contribution in [1.29, 1.82) is 0 Å². The first-order chi connectivity index (χ1) is 34.1. The largest absolute Gasteiger partial charge is 0.460 e. The van der Waals surface area contributed by atoms with E-state index in [1.807, 2.05) is 51.2 Å². The van der Waals surface area contributed by atoms with E-state index < -0.39 is 120 Å². The highest BCUT2D eigenvalue weighted by Crippen LogP contribution is 2.38. The lowest BCUT2D eigenvalue weighted by molar-refractivity contribution is -0.265. The number of aliphatic hydroxyl groups excluding tert-OH is 3. The van der Waals surface area contributed by atoms with Crippen LogP contribution < -0.4 is 0 Å². The highest BCUT2D eigenvalue weighted by molar-refractivity contribution is 6.39. The third-order valence-electron chi connectivity index (χ3n) is 15.5. The molecule has 0 unspecified atom stereocenters. The zero-order valence-corrected chi connectivity index (χ0v) is 44.4. The van der Waals surface area contributed by atoms with Gasteiger partial charge in [-0.2, -0.15) is 0 Å². The molecule has 0 aromatic rings. The molecule has 0 aromatic carbocycles. The fourth-order valence-corrected chi connectivity index (χ4v) is 10.4. The monoisotopic (exact) mass is 1020 g/mol. The number of hydrogen-bond acceptors (Lipinski definition) is 16. The van der Waals surface area contributed by atoms with Gasteiger partial charge in [0, 0.05) is 58.5 Å². The summed E-state index contributed by atoms with van der Waals surface area (Å²) in [6.07, 6.45) is 11.0. The van der Waals surface area contributed by atoms with Crippen LogP contribution >= 0.6 is 0 Å². The van der Waals surface area contributed by atoms with Gasteiger partial charge in [-0.05, 0) is 101 Å². The molecule has 4 rings (SSSR count). The van der Waals surface area contributed by atoms with Crippen LogP contribution in [0.25, 0.3) is 0 Å². The zero-order chi connectivity index (χ0) is 53.5. The number of amides is 1. The lowest BCUT2D eigenvalue weighted by Crippen LogP contribution is -2.61. The van der Waals surface area contributed by atoms with Gasteiger partial charge in [0.15, 0.2) is 5.78 Å². The summed E-state index contributed by atoms with van der Waals surface area (Å²) in [6, 6.07) is -1.20. The Labute approximate surface area is 426 Å². The van der Waals surface area contributed by atoms with E-state index in [0.717, 1.165) is 10.5 Å². The Morgan fingerprint density at radius 2 is 1.57 bits per heavy atom. The lowest BCUT2D eigenvalue weighted by Gasteiger charge is -2.42. The third-order valence-corrected chi connectivity index (χ3v) is 15.5. The maximum atomic E-state index is 14.5. The molecule has 3 heterocycles. The molecule has 406 valence electrons. The van der Waals surface area contributed by atoms with Gasteiger partial charge in [0.25, 0.3) is 11.7 Å². The first-order valence-corrected chi connectivity index (χ1v) is 26.0. The molecule has 3 fully saturated rings. The molecule has 0 radical (unpaired) electrons. The van der Waals surface area contributed by atoms with Crippen molar-refractivity contribution in [3.05, 3.63) is 48.1 Å². The highest BCUT2D eigenvalue weighted by atomic mass is 16.6. The molecule has 1 amide bonds. The first-order valence-electron chi connectivity index (χ1n) is 26.0. The number of Topliss-reactive ketones (excluding diaryl/α,β-unsaturated/α-hetero) is 3. The number of ether oxygens (including phenoxy) is 6. The molecule has 17 nitrogen and oxygen atoms in total. The molecular weight excluding hydrogens is 931 g/mol. The second-order valence-electron chi connectivity index (χ2n) is 21.4. The number of esters is 2. The van der Waals surface area contributed by atoms with E-state index in [2.05, 4.69) is 0 Å². The number of aliphatic hydroxyl groups is 4. The fourth-order valence-electron chi connectivity index (χ4n) is 10.4. The second-order valence-corrected chi connectivity index (χ2v) is 21.4. The zero-order valence-electron chi connectivity index (χ0n) is 44.4. The molecule has 72 heavy (non-hydrogen) atoms. The van der Waals surface area contributed by atoms with Crippen LogP contribution in [0, 0.1) is 40.9 Å². The Morgan fingerprint density at radius 1 is 0.861 bits per heavy atom. The van der Waals surface area contributed by atoms with Crippen LogP contribution in [0.2, 0.25) is 0 Å². The Balaban J connectivity index is 1.67. The normalized spacial score (nSPS) is 37.4. The number of piperidine rings is 1. The smallest absolute Gasteiger partial charge is 0.329 e. The van der Waals surface area contributed by atoms with Crippen molar-refractivity contribution in [3.8, 4) is 0 Å². The fraction of sp³-hybridized carbons (Fsp3) is 0.745. The number of cyclic esters (lactones) is 1. The van der Waals surface area contributed by atoms with Crippen molar-refractivity contribution < 1.29 is 77.6 Å². The molecule has 1 saturated carbocycles. The van der Waals surface area contributed by atoms with Gasteiger partial charge < -0.3 is 53.7 Å². The van der Waals surface area contributed by atoms with Gasteiger partial charge in [0.05, 0.1) is 31.5 Å². The minimum absolute atomic E-state index is 0.00335. The van der Waals surface area contributed by atoms with Crippen molar-refractivity contribution in [2.45, 2.75) is 180 Å². The van der Waals surface area contributed by atoms with Crippen molar-refractivity contribution in [2.75, 3.05) is 41.1 Å². The van der Waals surface area contributed by atoms with Gasteiger partial charge in [0.1, 0.15) is 41.7 Å². The van der Waals surface area contributed by atoms with Gasteiger partial charge in [-0.15, -0.1) is 0 Å². The van der Waals surface area contributed by atoms with Crippen LogP contribution in [0.1, 0.15) is 126 Å². The highest BCUT2D eigenvalue weighted by Gasteiger charge is 2.53. The summed E-state index contributed by atoms with van der Waals surface area (Å²) < 4.78 is 35.3. The van der Waals surface area contributed by atoms with E-state index in [9.17, 15) is 49.2 Å². The predicted molar refractivity (Wildman–Crippen MR) is 267 cm³/mol. The first kappa shape index (κ1) is 60.6. The van der Waals surface area contributed by atoms with Crippen molar-refractivity contribution in [2.24, 2.45) is 40.9 Å². The van der Waals surface area contributed by atoms with Crippen molar-refractivity contribution in [3.63, 3.8) is 0 Å². The van der Waals surface area contributed by atoms with E-state index >= 15 is 0 Å². The maximum absolute atomic E-state index is 14.5. The van der Waals surface area contributed by atoms with Gasteiger partial charge >= 0.3 is 11.9 Å². The molecule has 15 atom stereocenters. The Kier molecular flexibility index (Phi) is 23.7. The van der Waals surface area contributed by atoms with E-state index in [1.54, 1.807) is 27.9 Å². The molecule has 17 heteroatoms. The van der Waals surface area contributed by atoms with Crippen molar-refractivity contribution >= 4 is 35.2 Å². The van der Waals surface area contributed by atoms with Crippen LogP contribution in [0.3, 0.4) is 0 Å². The molecule has 2 bridgehead atoms. The van der Waals surface area contributed by atoms with Crippen LogP contribution in [0.15, 0.2) is 48.1 Å².